The minimum Gasteiger partial charge on any atom is -0.489 e. The highest BCUT2D eigenvalue weighted by Gasteiger charge is 2.15. The second-order valence-corrected chi connectivity index (χ2v) is 7.12. The Bertz CT molecular complexity index is 959. The number of carbonyl (C=O) groups is 1. The summed E-state index contributed by atoms with van der Waals surface area (Å²) in [5.74, 6) is 1.04. The van der Waals surface area contributed by atoms with Crippen LogP contribution in [0.4, 0.5) is 0 Å². The van der Waals surface area contributed by atoms with E-state index in [1.807, 2.05) is 72.8 Å². The van der Waals surface area contributed by atoms with Crippen molar-refractivity contribution in [1.29, 1.82) is 0 Å². The minimum absolute atomic E-state index is 0.334. The predicted octanol–water partition coefficient (Wildman–Crippen LogP) is 4.95. The fraction of sp³-hybridized carbons (Fsp3) is 0.130. The van der Waals surface area contributed by atoms with Crippen molar-refractivity contribution in [2.45, 2.75) is 19.6 Å². The summed E-state index contributed by atoms with van der Waals surface area (Å²) in [6.45, 7) is 2.18. The normalized spacial score (nSPS) is 11.8. The molecule has 0 fully saturated rings. The molecule has 1 amide bonds. The topological polar surface area (TPSA) is 59.9 Å². The number of hydrazone groups is 1. The SMILES string of the molecule is C[C@H](Oc1ccccc1Br)C(=O)N/N=C\c1ccc(OCc2ccccc2)cc1. The van der Waals surface area contributed by atoms with Gasteiger partial charge < -0.3 is 9.47 Å². The van der Waals surface area contributed by atoms with E-state index in [1.54, 1.807) is 19.2 Å². The first-order valence-corrected chi connectivity index (χ1v) is 9.92. The maximum Gasteiger partial charge on any atom is 0.280 e. The molecule has 0 spiro atoms. The second-order valence-electron chi connectivity index (χ2n) is 6.27. The lowest BCUT2D eigenvalue weighted by molar-refractivity contribution is -0.127. The molecule has 5 nitrogen and oxygen atoms in total. The van der Waals surface area contributed by atoms with Gasteiger partial charge in [-0.05, 0) is 70.4 Å². The molecule has 29 heavy (non-hydrogen) atoms. The lowest BCUT2D eigenvalue weighted by atomic mass is 10.2. The molecular formula is C23H21BrN2O3. The summed E-state index contributed by atoms with van der Waals surface area (Å²) < 4.78 is 12.2. The number of halogens is 1. The van der Waals surface area contributed by atoms with Crippen LogP contribution in [0.2, 0.25) is 0 Å². The summed E-state index contributed by atoms with van der Waals surface area (Å²) >= 11 is 3.39. The molecule has 0 aromatic heterocycles. The van der Waals surface area contributed by atoms with Crippen LogP contribution < -0.4 is 14.9 Å². The van der Waals surface area contributed by atoms with E-state index in [4.69, 9.17) is 9.47 Å². The highest BCUT2D eigenvalue weighted by atomic mass is 79.9. The smallest absolute Gasteiger partial charge is 0.280 e. The highest BCUT2D eigenvalue weighted by molar-refractivity contribution is 9.10. The van der Waals surface area contributed by atoms with Crippen molar-refractivity contribution in [2.75, 3.05) is 0 Å². The molecule has 148 valence electrons. The Morgan fingerprint density at radius 3 is 2.45 bits per heavy atom. The van der Waals surface area contributed by atoms with Crippen LogP contribution in [0.15, 0.2) is 88.4 Å². The zero-order valence-corrected chi connectivity index (χ0v) is 17.5. The first kappa shape index (κ1) is 20.6. The maximum absolute atomic E-state index is 12.1. The molecule has 0 saturated carbocycles. The van der Waals surface area contributed by atoms with Crippen LogP contribution in [0.25, 0.3) is 0 Å². The van der Waals surface area contributed by atoms with Gasteiger partial charge in [0, 0.05) is 0 Å². The number of carbonyl (C=O) groups excluding carboxylic acids is 1. The minimum atomic E-state index is -0.681. The summed E-state index contributed by atoms with van der Waals surface area (Å²) in [6, 6.07) is 24.8. The molecule has 0 radical (unpaired) electrons. The van der Waals surface area contributed by atoms with Crippen molar-refractivity contribution in [1.82, 2.24) is 5.43 Å². The van der Waals surface area contributed by atoms with Crippen molar-refractivity contribution in [3.8, 4) is 11.5 Å². The molecule has 3 aromatic carbocycles. The molecule has 3 rings (SSSR count). The summed E-state index contributed by atoms with van der Waals surface area (Å²) in [5, 5.41) is 3.99. The fourth-order valence-electron chi connectivity index (χ4n) is 2.44. The predicted molar refractivity (Wildman–Crippen MR) is 117 cm³/mol. The van der Waals surface area contributed by atoms with Crippen LogP contribution in [0.1, 0.15) is 18.1 Å². The standard InChI is InChI=1S/C23H21BrN2O3/c1-17(29-22-10-6-5-9-21(22)24)23(27)26-25-15-18-11-13-20(14-12-18)28-16-19-7-3-2-4-8-19/h2-15,17H,16H2,1H3,(H,26,27)/b25-15-/t17-/m0/s1. The molecule has 1 N–H and O–H groups in total. The number of para-hydroxylation sites is 1. The lowest BCUT2D eigenvalue weighted by Crippen LogP contribution is -2.33. The third-order valence-electron chi connectivity index (χ3n) is 4.03. The molecule has 0 saturated heterocycles. The molecule has 6 heteroatoms. The van der Waals surface area contributed by atoms with E-state index in [0.29, 0.717) is 12.4 Å². The first-order chi connectivity index (χ1) is 14.1. The van der Waals surface area contributed by atoms with Crippen LogP contribution in [0.5, 0.6) is 11.5 Å². The van der Waals surface area contributed by atoms with Gasteiger partial charge in [-0.1, -0.05) is 42.5 Å². The second kappa shape index (κ2) is 10.4. The number of nitrogens with one attached hydrogen (secondary N) is 1. The maximum atomic E-state index is 12.1. The van der Waals surface area contributed by atoms with E-state index in [0.717, 1.165) is 21.3 Å². The zero-order chi connectivity index (χ0) is 20.5. The number of nitrogens with zero attached hydrogens (tertiary/aromatic N) is 1. The Balaban J connectivity index is 1.47. The average Bonchev–Trinajstić information content (AvgIpc) is 2.75. The van der Waals surface area contributed by atoms with Gasteiger partial charge in [-0.25, -0.2) is 5.43 Å². The average molecular weight is 453 g/mol. The van der Waals surface area contributed by atoms with Gasteiger partial charge >= 0.3 is 0 Å². The molecule has 0 aliphatic carbocycles. The van der Waals surface area contributed by atoms with E-state index in [9.17, 15) is 4.79 Å². The van der Waals surface area contributed by atoms with E-state index in [1.165, 1.54) is 0 Å². The molecule has 0 heterocycles. The van der Waals surface area contributed by atoms with Crippen molar-refractivity contribution in [3.63, 3.8) is 0 Å². The Labute approximate surface area is 178 Å². The van der Waals surface area contributed by atoms with Crippen molar-refractivity contribution < 1.29 is 14.3 Å². The lowest BCUT2D eigenvalue weighted by Gasteiger charge is -2.13. The molecule has 1 atom stereocenters. The van der Waals surface area contributed by atoms with E-state index in [-0.39, 0.29) is 5.91 Å². The molecule has 0 aliphatic rings. The molecule has 0 unspecified atom stereocenters. The van der Waals surface area contributed by atoms with E-state index < -0.39 is 6.10 Å². The van der Waals surface area contributed by atoms with Gasteiger partial charge in [-0.3, -0.25) is 4.79 Å². The molecule has 0 aliphatic heterocycles. The third-order valence-corrected chi connectivity index (χ3v) is 4.68. The quantitative estimate of drug-likeness (QED) is 0.388. The third kappa shape index (κ3) is 6.47. The van der Waals surface area contributed by atoms with Gasteiger partial charge in [0.1, 0.15) is 18.1 Å². The summed E-state index contributed by atoms with van der Waals surface area (Å²) in [6.07, 6.45) is 0.893. The Hall–Kier alpha value is -3.12. The first-order valence-electron chi connectivity index (χ1n) is 9.13. The van der Waals surface area contributed by atoms with Crippen LogP contribution >= 0.6 is 15.9 Å². The van der Waals surface area contributed by atoms with Crippen LogP contribution in [-0.2, 0) is 11.4 Å². The van der Waals surface area contributed by atoms with Gasteiger partial charge in [0.15, 0.2) is 6.10 Å². The van der Waals surface area contributed by atoms with E-state index in [2.05, 4.69) is 26.5 Å². The number of rotatable bonds is 8. The summed E-state index contributed by atoms with van der Waals surface area (Å²) in [5.41, 5.74) is 4.45. The molecule has 3 aromatic rings. The number of benzene rings is 3. The fourth-order valence-corrected chi connectivity index (χ4v) is 2.81. The van der Waals surface area contributed by atoms with E-state index >= 15 is 0 Å². The summed E-state index contributed by atoms with van der Waals surface area (Å²) in [4.78, 5) is 12.1. The molecule has 0 bridgehead atoms. The molecular weight excluding hydrogens is 432 g/mol. The summed E-state index contributed by atoms with van der Waals surface area (Å²) in [7, 11) is 0. The van der Waals surface area contributed by atoms with Gasteiger partial charge in [-0.2, -0.15) is 5.10 Å². The van der Waals surface area contributed by atoms with Gasteiger partial charge in [0.2, 0.25) is 0 Å². The Morgan fingerprint density at radius 1 is 1.03 bits per heavy atom. The van der Waals surface area contributed by atoms with Crippen LogP contribution in [0.3, 0.4) is 0 Å². The number of amides is 1. The van der Waals surface area contributed by atoms with Crippen LogP contribution in [0, 0.1) is 0 Å². The zero-order valence-electron chi connectivity index (χ0n) is 15.9. The monoisotopic (exact) mass is 452 g/mol. The highest BCUT2D eigenvalue weighted by Crippen LogP contribution is 2.24. The Morgan fingerprint density at radius 2 is 1.72 bits per heavy atom. The number of hydrogen-bond acceptors (Lipinski definition) is 4. The number of ether oxygens (including phenoxy) is 2. The van der Waals surface area contributed by atoms with Gasteiger partial charge in [0.25, 0.3) is 5.91 Å². The van der Waals surface area contributed by atoms with Crippen molar-refractivity contribution >= 4 is 28.1 Å². The van der Waals surface area contributed by atoms with Crippen LogP contribution in [-0.4, -0.2) is 18.2 Å². The Kier molecular flexibility index (Phi) is 7.41. The van der Waals surface area contributed by atoms with Crippen molar-refractivity contribution in [3.05, 3.63) is 94.5 Å². The van der Waals surface area contributed by atoms with Gasteiger partial charge in [0.05, 0.1) is 10.7 Å². The number of hydrogen-bond donors (Lipinski definition) is 1. The largest absolute Gasteiger partial charge is 0.489 e. The van der Waals surface area contributed by atoms with Crippen molar-refractivity contribution in [2.24, 2.45) is 5.10 Å². The van der Waals surface area contributed by atoms with Gasteiger partial charge in [-0.15, -0.1) is 0 Å².